The molecule has 7 heteroatoms. The summed E-state index contributed by atoms with van der Waals surface area (Å²) in [7, 11) is 0. The Bertz CT molecular complexity index is 369. The normalized spacial score (nSPS) is 18.4. The van der Waals surface area contributed by atoms with E-state index >= 15 is 0 Å². The summed E-state index contributed by atoms with van der Waals surface area (Å²) in [6.07, 6.45) is 0.749. The molecule has 7 nitrogen and oxygen atoms in total. The molecule has 0 unspecified atom stereocenters. The Morgan fingerprint density at radius 3 is 2.55 bits per heavy atom. The molecule has 0 radical (unpaired) electrons. The molecule has 114 valence electrons. The van der Waals surface area contributed by atoms with Crippen molar-refractivity contribution in [2.75, 3.05) is 13.1 Å². The molecule has 0 aromatic heterocycles. The van der Waals surface area contributed by atoms with Gasteiger partial charge in [0.2, 0.25) is 0 Å². The Morgan fingerprint density at radius 1 is 1.30 bits per heavy atom. The van der Waals surface area contributed by atoms with Crippen molar-refractivity contribution in [3.8, 4) is 0 Å². The maximum atomic E-state index is 11.5. The van der Waals surface area contributed by atoms with Crippen molar-refractivity contribution < 1.29 is 23.9 Å². The lowest BCUT2D eigenvalue weighted by Gasteiger charge is -2.19. The van der Waals surface area contributed by atoms with Crippen molar-refractivity contribution in [2.24, 2.45) is 0 Å². The highest BCUT2D eigenvalue weighted by Gasteiger charge is 2.25. The van der Waals surface area contributed by atoms with Crippen molar-refractivity contribution in [1.82, 2.24) is 10.6 Å². The number of hydrogen-bond donors (Lipinski definition) is 2. The molecule has 1 rings (SSSR count). The first-order valence-corrected chi connectivity index (χ1v) is 6.73. The standard InChI is InChI=1S/C13H22N2O5/c1-13(2,3)20-10(16)6-8-15-12(18)19-11(17)9-5-4-7-14-9/h9,14H,4-8H2,1-3H3,(H,15,18)/t9-/m0/s1. The Balaban J connectivity index is 2.16. The zero-order chi connectivity index (χ0) is 15.2. The molecule has 0 aromatic rings. The van der Waals surface area contributed by atoms with Gasteiger partial charge in [-0.15, -0.1) is 0 Å². The van der Waals surface area contributed by atoms with Gasteiger partial charge in [0, 0.05) is 6.54 Å². The first-order valence-electron chi connectivity index (χ1n) is 6.73. The number of carbonyl (C=O) groups excluding carboxylic acids is 3. The summed E-state index contributed by atoms with van der Waals surface area (Å²) in [6.45, 7) is 6.11. The van der Waals surface area contributed by atoms with E-state index in [0.29, 0.717) is 6.42 Å². The molecule has 1 aliphatic rings. The molecule has 1 atom stereocenters. The van der Waals surface area contributed by atoms with Crippen LogP contribution in [0.3, 0.4) is 0 Å². The van der Waals surface area contributed by atoms with Crippen molar-refractivity contribution in [3.63, 3.8) is 0 Å². The summed E-state index contributed by atoms with van der Waals surface area (Å²) < 4.78 is 9.69. The van der Waals surface area contributed by atoms with E-state index in [0.717, 1.165) is 13.0 Å². The van der Waals surface area contributed by atoms with E-state index in [1.54, 1.807) is 20.8 Å². The summed E-state index contributed by atoms with van der Waals surface area (Å²) in [4.78, 5) is 34.2. The third-order valence-corrected chi connectivity index (χ3v) is 2.56. The quantitative estimate of drug-likeness (QED) is 0.584. The zero-order valence-electron chi connectivity index (χ0n) is 12.2. The minimum absolute atomic E-state index is 0.0300. The molecular formula is C13H22N2O5. The van der Waals surface area contributed by atoms with Gasteiger partial charge in [0.1, 0.15) is 11.6 Å². The van der Waals surface area contributed by atoms with Crippen LogP contribution in [0.5, 0.6) is 0 Å². The Hall–Kier alpha value is -1.63. The maximum absolute atomic E-state index is 11.5. The van der Waals surface area contributed by atoms with E-state index in [9.17, 15) is 14.4 Å². The van der Waals surface area contributed by atoms with Gasteiger partial charge in [0.15, 0.2) is 0 Å². The first-order chi connectivity index (χ1) is 9.28. The Kier molecular flexibility index (Phi) is 5.94. The number of amides is 1. The van der Waals surface area contributed by atoms with E-state index in [1.807, 2.05) is 0 Å². The maximum Gasteiger partial charge on any atom is 0.414 e. The van der Waals surface area contributed by atoms with Crippen LogP contribution in [0.15, 0.2) is 0 Å². The highest BCUT2D eigenvalue weighted by molar-refractivity contribution is 5.88. The monoisotopic (exact) mass is 286 g/mol. The number of ether oxygens (including phenoxy) is 2. The molecule has 0 bridgehead atoms. The van der Waals surface area contributed by atoms with Gasteiger partial charge >= 0.3 is 18.0 Å². The average Bonchev–Trinajstić information content (AvgIpc) is 2.79. The largest absolute Gasteiger partial charge is 0.460 e. The van der Waals surface area contributed by atoms with Crippen LogP contribution in [0, 0.1) is 0 Å². The second kappa shape index (κ2) is 7.23. The topological polar surface area (TPSA) is 93.7 Å². The summed E-state index contributed by atoms with van der Waals surface area (Å²) in [5, 5.41) is 5.28. The van der Waals surface area contributed by atoms with Crippen molar-refractivity contribution in [2.45, 2.75) is 51.7 Å². The SMILES string of the molecule is CC(C)(C)OC(=O)CCNC(=O)OC(=O)[C@@H]1CCCN1. The summed E-state index contributed by atoms with van der Waals surface area (Å²) >= 11 is 0. The molecular weight excluding hydrogens is 264 g/mol. The number of nitrogens with one attached hydrogen (secondary N) is 2. The van der Waals surface area contributed by atoms with Gasteiger partial charge in [0.25, 0.3) is 0 Å². The Labute approximate surface area is 118 Å². The second-order valence-corrected chi connectivity index (χ2v) is 5.62. The minimum atomic E-state index is -0.841. The number of hydrogen-bond acceptors (Lipinski definition) is 6. The molecule has 1 aliphatic heterocycles. The molecule has 0 saturated carbocycles. The highest BCUT2D eigenvalue weighted by Crippen LogP contribution is 2.08. The van der Waals surface area contributed by atoms with E-state index in [2.05, 4.69) is 15.4 Å². The summed E-state index contributed by atoms with van der Waals surface area (Å²) in [5.41, 5.74) is -0.554. The van der Waals surface area contributed by atoms with Gasteiger partial charge in [-0.25, -0.2) is 9.59 Å². The molecule has 2 N–H and O–H groups in total. The number of alkyl carbamates (subject to hydrolysis) is 1. The van der Waals surface area contributed by atoms with E-state index in [1.165, 1.54) is 0 Å². The Morgan fingerprint density at radius 2 is 2.00 bits per heavy atom. The van der Waals surface area contributed by atoms with Crippen LogP contribution in [0.4, 0.5) is 4.79 Å². The van der Waals surface area contributed by atoms with Crippen LogP contribution in [-0.4, -0.2) is 42.8 Å². The second-order valence-electron chi connectivity index (χ2n) is 5.62. The minimum Gasteiger partial charge on any atom is -0.460 e. The van der Waals surface area contributed by atoms with Gasteiger partial charge in [-0.2, -0.15) is 0 Å². The van der Waals surface area contributed by atoms with Crippen molar-refractivity contribution >= 4 is 18.0 Å². The molecule has 0 aliphatic carbocycles. The molecule has 1 fully saturated rings. The van der Waals surface area contributed by atoms with Crippen LogP contribution in [0.25, 0.3) is 0 Å². The van der Waals surface area contributed by atoms with Gasteiger partial charge in [-0.1, -0.05) is 0 Å². The van der Waals surface area contributed by atoms with Gasteiger partial charge in [0.05, 0.1) is 6.42 Å². The van der Waals surface area contributed by atoms with Crippen molar-refractivity contribution in [3.05, 3.63) is 0 Å². The van der Waals surface area contributed by atoms with Crippen LogP contribution in [0.1, 0.15) is 40.0 Å². The average molecular weight is 286 g/mol. The molecule has 1 saturated heterocycles. The van der Waals surface area contributed by atoms with Gasteiger partial charge in [-0.3, -0.25) is 4.79 Å². The molecule has 0 aromatic carbocycles. The lowest BCUT2D eigenvalue weighted by molar-refractivity contribution is -0.154. The third kappa shape index (κ3) is 6.51. The lowest BCUT2D eigenvalue weighted by Crippen LogP contribution is -2.37. The van der Waals surface area contributed by atoms with Crippen LogP contribution >= 0.6 is 0 Å². The first kappa shape index (κ1) is 16.4. The van der Waals surface area contributed by atoms with E-state index < -0.39 is 29.7 Å². The molecule has 20 heavy (non-hydrogen) atoms. The number of carbonyl (C=O) groups is 3. The fourth-order valence-electron chi connectivity index (χ4n) is 1.74. The number of esters is 2. The van der Waals surface area contributed by atoms with Crippen LogP contribution in [0.2, 0.25) is 0 Å². The van der Waals surface area contributed by atoms with Crippen LogP contribution in [-0.2, 0) is 19.1 Å². The summed E-state index contributed by atoms with van der Waals surface area (Å²) in [5.74, 6) is -1.00. The lowest BCUT2D eigenvalue weighted by atomic mass is 10.2. The van der Waals surface area contributed by atoms with E-state index in [-0.39, 0.29) is 13.0 Å². The predicted octanol–water partition coefficient (Wildman–Crippen LogP) is 0.723. The molecule has 1 amide bonds. The number of rotatable bonds is 4. The van der Waals surface area contributed by atoms with E-state index in [4.69, 9.17) is 4.74 Å². The molecule has 0 spiro atoms. The van der Waals surface area contributed by atoms with Crippen LogP contribution < -0.4 is 10.6 Å². The fourth-order valence-corrected chi connectivity index (χ4v) is 1.74. The highest BCUT2D eigenvalue weighted by atomic mass is 16.6. The summed E-state index contributed by atoms with van der Waals surface area (Å²) in [6, 6.07) is -0.411. The smallest absolute Gasteiger partial charge is 0.414 e. The van der Waals surface area contributed by atoms with Gasteiger partial charge in [-0.05, 0) is 40.2 Å². The molecule has 1 heterocycles. The van der Waals surface area contributed by atoms with Gasteiger partial charge < -0.3 is 20.1 Å². The third-order valence-electron chi connectivity index (χ3n) is 2.56. The zero-order valence-corrected chi connectivity index (χ0v) is 12.2. The van der Waals surface area contributed by atoms with Crippen molar-refractivity contribution in [1.29, 1.82) is 0 Å². The predicted molar refractivity (Wildman–Crippen MR) is 71.0 cm³/mol. The fraction of sp³-hybridized carbons (Fsp3) is 0.769.